The van der Waals surface area contributed by atoms with E-state index in [9.17, 15) is 4.79 Å². The van der Waals surface area contributed by atoms with E-state index in [1.807, 2.05) is 89.2 Å². The summed E-state index contributed by atoms with van der Waals surface area (Å²) in [5, 5.41) is 3.48. The number of hydrogen-bond donors (Lipinski definition) is 1. The fraction of sp³-hybridized carbons (Fsp3) is 0.409. The van der Waals surface area contributed by atoms with Crippen LogP contribution in [0.4, 0.5) is 5.69 Å². The molecule has 0 aliphatic heterocycles. The lowest BCUT2D eigenvalue weighted by atomic mass is 9.69. The van der Waals surface area contributed by atoms with Gasteiger partial charge in [-0.05, 0) is 43.7 Å². The van der Waals surface area contributed by atoms with Crippen molar-refractivity contribution >= 4 is 11.7 Å². The molecule has 4 heteroatoms. The molecule has 0 amide bonds. The highest BCUT2D eigenvalue weighted by Gasteiger charge is 2.51. The van der Waals surface area contributed by atoms with E-state index in [1.54, 1.807) is 7.11 Å². The third-order valence-electron chi connectivity index (χ3n) is 4.40. The van der Waals surface area contributed by atoms with E-state index in [0.29, 0.717) is 0 Å². The maximum Gasteiger partial charge on any atom is 0.337 e. The minimum absolute atomic E-state index is 0.203. The van der Waals surface area contributed by atoms with Crippen LogP contribution in [0.2, 0.25) is 0 Å². The Hall–Kier alpha value is -2.49. The van der Waals surface area contributed by atoms with Crippen LogP contribution in [0, 0.1) is 5.41 Å². The Labute approximate surface area is 156 Å². The van der Waals surface area contributed by atoms with Gasteiger partial charge in [-0.25, -0.2) is 4.79 Å². The zero-order valence-corrected chi connectivity index (χ0v) is 16.5. The van der Waals surface area contributed by atoms with Gasteiger partial charge < -0.3 is 14.8 Å². The van der Waals surface area contributed by atoms with Crippen molar-refractivity contribution < 1.29 is 14.3 Å². The van der Waals surface area contributed by atoms with E-state index in [0.717, 1.165) is 17.0 Å². The lowest BCUT2D eigenvalue weighted by molar-refractivity contribution is -0.157. The molecule has 140 valence electrons. The van der Waals surface area contributed by atoms with Crippen LogP contribution in [0.5, 0.6) is 5.75 Å². The van der Waals surface area contributed by atoms with Gasteiger partial charge in [-0.1, -0.05) is 51.1 Å². The lowest BCUT2D eigenvalue weighted by Crippen LogP contribution is -2.54. The summed E-state index contributed by atoms with van der Waals surface area (Å²) in [5.74, 6) is 0.475. The molecule has 0 radical (unpaired) electrons. The molecule has 2 rings (SSSR count). The quantitative estimate of drug-likeness (QED) is 0.741. The average molecular weight is 355 g/mol. The molecule has 4 nitrogen and oxygen atoms in total. The van der Waals surface area contributed by atoms with Crippen LogP contribution in [-0.2, 0) is 15.1 Å². The molecule has 0 fully saturated rings. The minimum atomic E-state index is -1.03. The van der Waals surface area contributed by atoms with Crippen molar-refractivity contribution in [3.8, 4) is 5.75 Å². The Kier molecular flexibility index (Phi) is 5.96. The van der Waals surface area contributed by atoms with Gasteiger partial charge in [0.25, 0.3) is 0 Å². The summed E-state index contributed by atoms with van der Waals surface area (Å²) in [6.07, 6.45) is -0.203. The second-order valence-corrected chi connectivity index (χ2v) is 7.67. The van der Waals surface area contributed by atoms with Crippen molar-refractivity contribution in [2.45, 2.75) is 46.3 Å². The number of methoxy groups -OCH3 is 1. The number of anilines is 1. The summed E-state index contributed by atoms with van der Waals surface area (Å²) >= 11 is 0. The van der Waals surface area contributed by atoms with E-state index in [4.69, 9.17) is 9.47 Å². The first-order valence-corrected chi connectivity index (χ1v) is 8.89. The van der Waals surface area contributed by atoms with Crippen LogP contribution in [0.15, 0.2) is 54.6 Å². The van der Waals surface area contributed by atoms with Crippen LogP contribution in [-0.4, -0.2) is 19.2 Å². The summed E-state index contributed by atoms with van der Waals surface area (Å²) in [7, 11) is 1.63. The van der Waals surface area contributed by atoms with Crippen LogP contribution < -0.4 is 10.1 Å². The number of nitrogens with one attached hydrogen (secondary N) is 1. The van der Waals surface area contributed by atoms with Gasteiger partial charge in [-0.3, -0.25) is 0 Å². The van der Waals surface area contributed by atoms with Gasteiger partial charge in [-0.2, -0.15) is 0 Å². The number of esters is 1. The molecule has 0 saturated carbocycles. The number of rotatable bonds is 6. The summed E-state index contributed by atoms with van der Waals surface area (Å²) in [6, 6.07) is 17.3. The largest absolute Gasteiger partial charge is 0.497 e. The summed E-state index contributed by atoms with van der Waals surface area (Å²) in [5.41, 5.74) is 0.215. The number of ether oxygens (including phenoxy) is 2. The van der Waals surface area contributed by atoms with Gasteiger partial charge in [0.05, 0.1) is 13.2 Å². The predicted octanol–water partition coefficient (Wildman–Crippen LogP) is 5.00. The highest BCUT2D eigenvalue weighted by Crippen LogP contribution is 2.43. The molecular weight excluding hydrogens is 326 g/mol. The Morgan fingerprint density at radius 3 is 2.00 bits per heavy atom. The molecule has 0 bridgehead atoms. The van der Waals surface area contributed by atoms with Crippen molar-refractivity contribution in [3.63, 3.8) is 0 Å². The van der Waals surface area contributed by atoms with Crippen molar-refractivity contribution in [3.05, 3.63) is 60.2 Å². The van der Waals surface area contributed by atoms with Crippen molar-refractivity contribution in [1.82, 2.24) is 0 Å². The predicted molar refractivity (Wildman–Crippen MR) is 105 cm³/mol. The first-order chi connectivity index (χ1) is 12.2. The fourth-order valence-corrected chi connectivity index (χ4v) is 3.05. The summed E-state index contributed by atoms with van der Waals surface area (Å²) in [4.78, 5) is 13.3. The van der Waals surface area contributed by atoms with Crippen LogP contribution in [0.3, 0.4) is 0 Å². The molecule has 0 unspecified atom stereocenters. The van der Waals surface area contributed by atoms with Crippen molar-refractivity contribution in [2.24, 2.45) is 5.41 Å². The fourth-order valence-electron chi connectivity index (χ4n) is 3.05. The van der Waals surface area contributed by atoms with E-state index in [2.05, 4.69) is 5.32 Å². The van der Waals surface area contributed by atoms with Gasteiger partial charge in [0, 0.05) is 11.1 Å². The molecule has 0 saturated heterocycles. The molecular formula is C22H29NO3. The van der Waals surface area contributed by atoms with Crippen LogP contribution in [0.25, 0.3) is 0 Å². The maximum atomic E-state index is 13.3. The van der Waals surface area contributed by atoms with Crippen molar-refractivity contribution in [1.29, 1.82) is 0 Å². The second kappa shape index (κ2) is 7.81. The van der Waals surface area contributed by atoms with Crippen LogP contribution in [0.1, 0.15) is 40.2 Å². The SMILES string of the molecule is COc1ccc(N[C@](C(=O)OC(C)C)(c2ccccc2)C(C)(C)C)cc1. The van der Waals surface area contributed by atoms with E-state index < -0.39 is 11.0 Å². The molecule has 1 atom stereocenters. The van der Waals surface area contributed by atoms with E-state index in [-0.39, 0.29) is 12.1 Å². The number of benzene rings is 2. The Morgan fingerprint density at radius 2 is 1.54 bits per heavy atom. The van der Waals surface area contributed by atoms with Crippen molar-refractivity contribution in [2.75, 3.05) is 12.4 Å². The molecule has 0 aliphatic rings. The Bertz CT molecular complexity index is 717. The number of hydrogen-bond acceptors (Lipinski definition) is 4. The van der Waals surface area contributed by atoms with Gasteiger partial charge in [-0.15, -0.1) is 0 Å². The van der Waals surface area contributed by atoms with Gasteiger partial charge in [0.2, 0.25) is 0 Å². The first kappa shape index (κ1) is 19.8. The molecule has 0 aromatic heterocycles. The zero-order valence-electron chi connectivity index (χ0n) is 16.5. The maximum absolute atomic E-state index is 13.3. The molecule has 26 heavy (non-hydrogen) atoms. The molecule has 2 aromatic rings. The molecule has 0 spiro atoms. The Morgan fingerprint density at radius 1 is 0.962 bits per heavy atom. The second-order valence-electron chi connectivity index (χ2n) is 7.67. The highest BCUT2D eigenvalue weighted by atomic mass is 16.5. The summed E-state index contributed by atoms with van der Waals surface area (Å²) in [6.45, 7) is 9.85. The van der Waals surface area contributed by atoms with Gasteiger partial charge in [0.1, 0.15) is 5.75 Å². The molecule has 0 aliphatic carbocycles. The number of carbonyl (C=O) groups excluding carboxylic acids is 1. The minimum Gasteiger partial charge on any atom is -0.497 e. The first-order valence-electron chi connectivity index (χ1n) is 8.89. The standard InChI is InChI=1S/C22H29NO3/c1-16(2)26-20(24)22(21(3,4)5,17-10-8-7-9-11-17)23-18-12-14-19(25-6)15-13-18/h7-16,23H,1-6H3/t22-/m0/s1. The molecule has 1 N–H and O–H groups in total. The monoisotopic (exact) mass is 355 g/mol. The van der Waals surface area contributed by atoms with Crippen LogP contribution >= 0.6 is 0 Å². The normalized spacial score (nSPS) is 13.8. The third kappa shape index (κ3) is 4.01. The zero-order chi connectivity index (χ0) is 19.4. The average Bonchev–Trinajstić information content (AvgIpc) is 2.59. The van der Waals surface area contributed by atoms with E-state index >= 15 is 0 Å². The Balaban J connectivity index is 2.59. The summed E-state index contributed by atoms with van der Waals surface area (Å²) < 4.78 is 10.9. The van der Waals surface area contributed by atoms with E-state index in [1.165, 1.54) is 0 Å². The molecule has 2 aromatic carbocycles. The third-order valence-corrected chi connectivity index (χ3v) is 4.40. The number of carbonyl (C=O) groups is 1. The topological polar surface area (TPSA) is 47.6 Å². The highest BCUT2D eigenvalue weighted by molar-refractivity contribution is 5.87. The van der Waals surface area contributed by atoms with Gasteiger partial charge in [0.15, 0.2) is 5.54 Å². The van der Waals surface area contributed by atoms with Gasteiger partial charge >= 0.3 is 5.97 Å². The smallest absolute Gasteiger partial charge is 0.337 e. The lowest BCUT2D eigenvalue weighted by Gasteiger charge is -2.44. The molecule has 0 heterocycles.